The molecule has 0 aliphatic heterocycles. The molecule has 0 fully saturated rings. The highest BCUT2D eigenvalue weighted by molar-refractivity contribution is 5.48. The second kappa shape index (κ2) is 6.12. The van der Waals surface area contributed by atoms with Crippen LogP contribution in [-0.4, -0.2) is 12.2 Å². The van der Waals surface area contributed by atoms with Gasteiger partial charge in [0.15, 0.2) is 0 Å². The summed E-state index contributed by atoms with van der Waals surface area (Å²) in [4.78, 5) is 0. The first-order valence-corrected chi connectivity index (χ1v) is 6.18. The van der Waals surface area contributed by atoms with Gasteiger partial charge in [-0.25, -0.2) is 0 Å². The molecule has 0 amide bonds. The highest BCUT2D eigenvalue weighted by Crippen LogP contribution is 2.23. The molecule has 0 heterocycles. The molecule has 1 rings (SSSR count). The van der Waals surface area contributed by atoms with Crippen LogP contribution in [-0.2, 0) is 0 Å². The smallest absolute Gasteiger partial charge is 0.383 e. The first-order chi connectivity index (χ1) is 8.28. The van der Waals surface area contributed by atoms with Crippen molar-refractivity contribution < 1.29 is 13.2 Å². The third-order valence-electron chi connectivity index (χ3n) is 3.02. The second-order valence-electron chi connectivity index (χ2n) is 4.85. The van der Waals surface area contributed by atoms with E-state index in [0.717, 1.165) is 5.69 Å². The van der Waals surface area contributed by atoms with Gasteiger partial charge in [0.25, 0.3) is 0 Å². The lowest BCUT2D eigenvalue weighted by Gasteiger charge is -2.16. The van der Waals surface area contributed by atoms with Gasteiger partial charge >= 0.3 is 6.18 Å². The van der Waals surface area contributed by atoms with Crippen molar-refractivity contribution in [2.75, 3.05) is 5.32 Å². The fourth-order valence-electron chi connectivity index (χ4n) is 1.80. The molecule has 0 saturated heterocycles. The Balaban J connectivity index is 2.40. The summed E-state index contributed by atoms with van der Waals surface area (Å²) in [6.07, 6.45) is -4.05. The van der Waals surface area contributed by atoms with Crippen molar-refractivity contribution in [1.29, 1.82) is 0 Å². The molecule has 0 aliphatic carbocycles. The van der Waals surface area contributed by atoms with Gasteiger partial charge in [-0.15, -0.1) is 0 Å². The number of hydrogen-bond acceptors (Lipinski definition) is 1. The van der Waals surface area contributed by atoms with Gasteiger partial charge in [-0.05, 0) is 56.9 Å². The second-order valence-corrected chi connectivity index (χ2v) is 4.85. The molecule has 1 N–H and O–H groups in total. The van der Waals surface area contributed by atoms with Crippen LogP contribution in [0.1, 0.15) is 37.3 Å². The quantitative estimate of drug-likeness (QED) is 0.798. The topological polar surface area (TPSA) is 12.0 Å². The van der Waals surface area contributed by atoms with E-state index >= 15 is 0 Å². The van der Waals surface area contributed by atoms with Crippen molar-refractivity contribution in [2.45, 2.75) is 52.3 Å². The lowest BCUT2D eigenvalue weighted by atomic mass is 10.1. The monoisotopic (exact) mass is 259 g/mol. The van der Waals surface area contributed by atoms with Crippen molar-refractivity contribution in [3.63, 3.8) is 0 Å². The Kier molecular flexibility index (Phi) is 5.05. The van der Waals surface area contributed by atoms with Gasteiger partial charge in [0.1, 0.15) is 0 Å². The summed E-state index contributed by atoms with van der Waals surface area (Å²) in [5, 5.41) is 3.23. The summed E-state index contributed by atoms with van der Waals surface area (Å²) < 4.78 is 36.0. The predicted octanol–water partition coefficient (Wildman–Crippen LogP) is 4.84. The van der Waals surface area contributed by atoms with Gasteiger partial charge in [0, 0.05) is 18.2 Å². The minimum atomic E-state index is -4.04. The van der Waals surface area contributed by atoms with E-state index in [1.807, 2.05) is 39.0 Å². The Morgan fingerprint density at radius 1 is 1.17 bits per heavy atom. The SMILES string of the molecule is Cc1ccc(NC(C)CCCC(F)(F)F)cc1C. The molecule has 0 aromatic heterocycles. The summed E-state index contributed by atoms with van der Waals surface area (Å²) in [5.74, 6) is 0. The average molecular weight is 259 g/mol. The Hall–Kier alpha value is -1.19. The van der Waals surface area contributed by atoms with Crippen LogP contribution in [0.4, 0.5) is 18.9 Å². The Labute approximate surface area is 106 Å². The van der Waals surface area contributed by atoms with Crippen LogP contribution in [0.3, 0.4) is 0 Å². The third kappa shape index (κ3) is 5.43. The van der Waals surface area contributed by atoms with Crippen molar-refractivity contribution in [2.24, 2.45) is 0 Å². The standard InChI is InChI=1S/C14H20F3N/c1-10-6-7-13(9-11(10)2)18-12(3)5-4-8-14(15,16)17/h6-7,9,12,18H,4-5,8H2,1-3H3. The van der Waals surface area contributed by atoms with E-state index in [9.17, 15) is 13.2 Å². The molecule has 1 aromatic carbocycles. The number of anilines is 1. The van der Waals surface area contributed by atoms with Crippen LogP contribution in [0.2, 0.25) is 0 Å². The van der Waals surface area contributed by atoms with Crippen molar-refractivity contribution in [3.05, 3.63) is 29.3 Å². The van der Waals surface area contributed by atoms with E-state index in [2.05, 4.69) is 5.32 Å². The number of hydrogen-bond donors (Lipinski definition) is 1. The molecule has 1 aromatic rings. The van der Waals surface area contributed by atoms with Crippen LogP contribution < -0.4 is 5.32 Å². The molecule has 0 spiro atoms. The lowest BCUT2D eigenvalue weighted by Crippen LogP contribution is -2.16. The normalized spacial score (nSPS) is 13.4. The van der Waals surface area contributed by atoms with Crippen LogP contribution in [0, 0.1) is 13.8 Å². The summed E-state index contributed by atoms with van der Waals surface area (Å²) in [6, 6.07) is 6.05. The largest absolute Gasteiger partial charge is 0.389 e. The molecule has 0 aliphatic rings. The fraction of sp³-hybridized carbons (Fsp3) is 0.571. The fourth-order valence-corrected chi connectivity index (χ4v) is 1.80. The Morgan fingerprint density at radius 3 is 2.39 bits per heavy atom. The van der Waals surface area contributed by atoms with Gasteiger partial charge in [-0.2, -0.15) is 13.2 Å². The van der Waals surface area contributed by atoms with E-state index in [4.69, 9.17) is 0 Å². The predicted molar refractivity (Wildman–Crippen MR) is 68.9 cm³/mol. The number of nitrogens with one attached hydrogen (secondary N) is 1. The zero-order valence-electron chi connectivity index (χ0n) is 11.1. The van der Waals surface area contributed by atoms with Crippen LogP contribution >= 0.6 is 0 Å². The van der Waals surface area contributed by atoms with Gasteiger partial charge in [0.2, 0.25) is 0 Å². The van der Waals surface area contributed by atoms with Gasteiger partial charge in [0.05, 0.1) is 0 Å². The maximum absolute atomic E-state index is 12.0. The third-order valence-corrected chi connectivity index (χ3v) is 3.02. The van der Waals surface area contributed by atoms with Gasteiger partial charge in [-0.1, -0.05) is 6.07 Å². The summed E-state index contributed by atoms with van der Waals surface area (Å²) in [5.41, 5.74) is 3.37. The molecule has 102 valence electrons. The summed E-state index contributed by atoms with van der Waals surface area (Å²) in [6.45, 7) is 5.96. The van der Waals surface area contributed by atoms with Crippen molar-refractivity contribution in [1.82, 2.24) is 0 Å². The maximum atomic E-state index is 12.0. The van der Waals surface area contributed by atoms with Crippen molar-refractivity contribution >= 4 is 5.69 Å². The van der Waals surface area contributed by atoms with E-state index in [1.165, 1.54) is 11.1 Å². The van der Waals surface area contributed by atoms with Crippen LogP contribution in [0.5, 0.6) is 0 Å². The molecule has 1 unspecified atom stereocenters. The molecular weight excluding hydrogens is 239 g/mol. The highest BCUT2D eigenvalue weighted by Gasteiger charge is 2.26. The maximum Gasteiger partial charge on any atom is 0.389 e. The minimum Gasteiger partial charge on any atom is -0.383 e. The molecule has 0 radical (unpaired) electrons. The first kappa shape index (κ1) is 14.9. The van der Waals surface area contributed by atoms with E-state index in [1.54, 1.807) is 0 Å². The molecule has 0 bridgehead atoms. The average Bonchev–Trinajstić information content (AvgIpc) is 2.21. The number of rotatable bonds is 5. The van der Waals surface area contributed by atoms with E-state index < -0.39 is 12.6 Å². The number of alkyl halides is 3. The molecule has 4 heteroatoms. The van der Waals surface area contributed by atoms with E-state index in [-0.39, 0.29) is 12.5 Å². The van der Waals surface area contributed by atoms with Crippen LogP contribution in [0.15, 0.2) is 18.2 Å². The first-order valence-electron chi connectivity index (χ1n) is 6.18. The molecule has 18 heavy (non-hydrogen) atoms. The molecule has 0 saturated carbocycles. The summed E-state index contributed by atoms with van der Waals surface area (Å²) >= 11 is 0. The van der Waals surface area contributed by atoms with Crippen LogP contribution in [0.25, 0.3) is 0 Å². The number of aryl methyl sites for hydroxylation is 2. The Morgan fingerprint density at radius 2 is 1.83 bits per heavy atom. The van der Waals surface area contributed by atoms with Crippen molar-refractivity contribution in [3.8, 4) is 0 Å². The zero-order valence-corrected chi connectivity index (χ0v) is 11.1. The van der Waals surface area contributed by atoms with Gasteiger partial charge < -0.3 is 5.32 Å². The summed E-state index contributed by atoms with van der Waals surface area (Å²) in [7, 11) is 0. The van der Waals surface area contributed by atoms with Gasteiger partial charge in [-0.3, -0.25) is 0 Å². The lowest BCUT2D eigenvalue weighted by molar-refractivity contribution is -0.135. The zero-order chi connectivity index (χ0) is 13.8. The van der Waals surface area contributed by atoms with E-state index in [0.29, 0.717) is 6.42 Å². The molecular formula is C14H20F3N. The molecule has 1 nitrogen and oxygen atoms in total. The number of benzene rings is 1. The minimum absolute atomic E-state index is 0.0504. The highest BCUT2D eigenvalue weighted by atomic mass is 19.4. The Bertz CT molecular complexity index is 385. The molecule has 1 atom stereocenters. The number of halogens is 3.